The summed E-state index contributed by atoms with van der Waals surface area (Å²) in [5.41, 5.74) is 0.232. The third-order valence-electron chi connectivity index (χ3n) is 3.29. The molecule has 0 radical (unpaired) electrons. The highest BCUT2D eigenvalue weighted by Gasteiger charge is 2.25. The first-order valence-corrected chi connectivity index (χ1v) is 9.88. The van der Waals surface area contributed by atoms with Crippen LogP contribution in [0, 0.1) is 4.78 Å². The molecule has 1 aromatic carbocycles. The second-order valence-electron chi connectivity index (χ2n) is 6.78. The molecule has 2 atom stereocenters. The fourth-order valence-corrected chi connectivity index (χ4v) is 3.43. The number of ether oxygens (including phenoxy) is 1. The first-order chi connectivity index (χ1) is 11.5. The summed E-state index contributed by atoms with van der Waals surface area (Å²) in [5, 5.41) is 11.5. The number of aryl methyl sites for hydroxylation is 1. The minimum Gasteiger partial charge on any atom is -0.480 e. The predicted molar refractivity (Wildman–Crippen MR) is 96.2 cm³/mol. The molecule has 0 aliphatic carbocycles. The molecule has 3 N–H and O–H groups in total. The molecule has 0 spiro atoms. The molecule has 1 unspecified atom stereocenters. The average Bonchev–Trinajstić information content (AvgIpc) is 2.48. The normalized spacial score (nSPS) is 15.0. The van der Waals surface area contributed by atoms with Crippen LogP contribution in [-0.4, -0.2) is 44.5 Å². The molecule has 25 heavy (non-hydrogen) atoms. The number of carboxylic acid groups (broad SMARTS) is 1. The summed E-state index contributed by atoms with van der Waals surface area (Å²) in [6, 6.07) is 8.15. The maximum atomic E-state index is 12.3. The lowest BCUT2D eigenvalue weighted by atomic mass is 10.2. The maximum Gasteiger partial charge on any atom is 0.408 e. The van der Waals surface area contributed by atoms with Crippen LogP contribution in [0.5, 0.6) is 0 Å². The van der Waals surface area contributed by atoms with Crippen molar-refractivity contribution in [3.63, 3.8) is 0 Å². The summed E-state index contributed by atoms with van der Waals surface area (Å²) in [5.74, 6) is -1.20. The SMILES string of the molecule is CC(C)(C)OC(=O)N[C@@H](CCS(=N)(=O)CCc1ccccc1)C(=O)O. The van der Waals surface area contributed by atoms with Crippen LogP contribution < -0.4 is 5.32 Å². The van der Waals surface area contributed by atoms with Gasteiger partial charge in [-0.3, -0.25) is 4.78 Å². The van der Waals surface area contributed by atoms with E-state index in [0.717, 1.165) is 5.56 Å². The van der Waals surface area contributed by atoms with E-state index in [2.05, 4.69) is 5.32 Å². The molecule has 0 fully saturated rings. The number of rotatable bonds is 8. The maximum absolute atomic E-state index is 12.3. The van der Waals surface area contributed by atoms with Crippen molar-refractivity contribution in [3.8, 4) is 0 Å². The zero-order valence-corrected chi connectivity index (χ0v) is 15.6. The molecule has 1 rings (SSSR count). The summed E-state index contributed by atoms with van der Waals surface area (Å²) in [4.78, 5) is 23.0. The first kappa shape index (κ1) is 21.0. The van der Waals surface area contributed by atoms with Gasteiger partial charge in [0.25, 0.3) is 0 Å². The zero-order chi connectivity index (χ0) is 19.1. The van der Waals surface area contributed by atoms with E-state index in [-0.39, 0.29) is 17.9 Å². The molecular formula is C17H26N2O5S. The van der Waals surface area contributed by atoms with Crippen LogP contribution in [0.3, 0.4) is 0 Å². The Morgan fingerprint density at radius 2 is 1.84 bits per heavy atom. The largest absolute Gasteiger partial charge is 0.480 e. The molecule has 0 aromatic heterocycles. The minimum absolute atomic E-state index is 0.0916. The van der Waals surface area contributed by atoms with E-state index in [1.165, 1.54) is 0 Å². The topological polar surface area (TPSA) is 117 Å². The quantitative estimate of drug-likeness (QED) is 0.650. The lowest BCUT2D eigenvalue weighted by Crippen LogP contribution is -2.44. The van der Waals surface area contributed by atoms with E-state index in [0.29, 0.717) is 6.42 Å². The van der Waals surface area contributed by atoms with Gasteiger partial charge in [0.2, 0.25) is 0 Å². The lowest BCUT2D eigenvalue weighted by molar-refractivity contribution is -0.139. The van der Waals surface area contributed by atoms with Crippen molar-refractivity contribution in [2.24, 2.45) is 0 Å². The second kappa shape index (κ2) is 8.84. The Kier molecular flexibility index (Phi) is 7.41. The second-order valence-corrected chi connectivity index (χ2v) is 9.22. The van der Waals surface area contributed by atoms with Crippen LogP contribution in [0.15, 0.2) is 30.3 Å². The van der Waals surface area contributed by atoms with Gasteiger partial charge in [0.1, 0.15) is 11.6 Å². The Balaban J connectivity index is 2.55. The number of nitrogens with one attached hydrogen (secondary N) is 2. The number of alkyl carbamates (subject to hydrolysis) is 1. The third kappa shape index (κ3) is 9.09. The predicted octanol–water partition coefficient (Wildman–Crippen LogP) is 2.64. The lowest BCUT2D eigenvalue weighted by Gasteiger charge is -2.22. The van der Waals surface area contributed by atoms with Crippen molar-refractivity contribution in [1.29, 1.82) is 4.78 Å². The molecule has 140 valence electrons. The van der Waals surface area contributed by atoms with E-state index in [9.17, 15) is 18.9 Å². The molecule has 0 saturated heterocycles. The summed E-state index contributed by atoms with van der Waals surface area (Å²) in [6.07, 6.45) is -0.452. The fourth-order valence-electron chi connectivity index (χ4n) is 2.04. The number of benzene rings is 1. The van der Waals surface area contributed by atoms with Crippen LogP contribution in [0.1, 0.15) is 32.8 Å². The van der Waals surface area contributed by atoms with E-state index < -0.39 is 33.4 Å². The Bertz CT molecular complexity index is 681. The van der Waals surface area contributed by atoms with Crippen molar-refractivity contribution < 1.29 is 23.6 Å². The zero-order valence-electron chi connectivity index (χ0n) is 14.8. The van der Waals surface area contributed by atoms with Gasteiger partial charge in [0.05, 0.1) is 0 Å². The molecule has 0 aliphatic heterocycles. The van der Waals surface area contributed by atoms with Gasteiger partial charge in [0.15, 0.2) is 0 Å². The summed E-state index contributed by atoms with van der Waals surface area (Å²) >= 11 is 0. The summed E-state index contributed by atoms with van der Waals surface area (Å²) < 4.78 is 25.3. The van der Waals surface area contributed by atoms with E-state index in [1.54, 1.807) is 20.8 Å². The van der Waals surface area contributed by atoms with Crippen molar-refractivity contribution in [1.82, 2.24) is 5.32 Å². The van der Waals surface area contributed by atoms with Crippen molar-refractivity contribution in [3.05, 3.63) is 35.9 Å². The van der Waals surface area contributed by atoms with E-state index in [4.69, 9.17) is 9.52 Å². The van der Waals surface area contributed by atoms with Gasteiger partial charge >= 0.3 is 12.1 Å². The number of carbonyl (C=O) groups excluding carboxylic acids is 1. The number of amides is 1. The standard InChI is InChI=1S/C17H26N2O5S/c1-17(2,3)24-16(22)19-14(15(20)21)10-12-25(18,23)11-9-13-7-5-4-6-8-13/h4-8,14,18H,9-12H2,1-3H3,(H,19,22)(H,20,21)/t14-,25?/m0/s1. The molecular weight excluding hydrogens is 344 g/mol. The average molecular weight is 370 g/mol. The molecule has 0 aliphatic rings. The van der Waals surface area contributed by atoms with Gasteiger partial charge in [-0.15, -0.1) is 0 Å². The molecule has 1 aromatic rings. The van der Waals surface area contributed by atoms with Crippen LogP contribution in [0.2, 0.25) is 0 Å². The Hall–Kier alpha value is -2.09. The van der Waals surface area contributed by atoms with Gasteiger partial charge in [0, 0.05) is 21.2 Å². The number of carboxylic acids is 1. The molecule has 7 nitrogen and oxygen atoms in total. The molecule has 0 bridgehead atoms. The van der Waals surface area contributed by atoms with Crippen LogP contribution in [0.25, 0.3) is 0 Å². The molecule has 0 saturated carbocycles. The fraction of sp³-hybridized carbons (Fsp3) is 0.529. The van der Waals surface area contributed by atoms with Gasteiger partial charge in [-0.1, -0.05) is 30.3 Å². The first-order valence-electron chi connectivity index (χ1n) is 7.99. The highest BCUT2D eigenvalue weighted by Crippen LogP contribution is 2.09. The number of hydrogen-bond acceptors (Lipinski definition) is 5. The number of carbonyl (C=O) groups is 2. The van der Waals surface area contributed by atoms with Crippen LogP contribution in [-0.2, 0) is 25.7 Å². The Morgan fingerprint density at radius 3 is 2.36 bits per heavy atom. The van der Waals surface area contributed by atoms with Crippen molar-refractivity contribution in [2.75, 3.05) is 11.5 Å². The highest BCUT2D eigenvalue weighted by molar-refractivity contribution is 7.92. The molecule has 8 heteroatoms. The van der Waals surface area contributed by atoms with Gasteiger partial charge in [-0.25, -0.2) is 13.8 Å². The van der Waals surface area contributed by atoms with Crippen LogP contribution in [0.4, 0.5) is 4.79 Å². The van der Waals surface area contributed by atoms with E-state index in [1.807, 2.05) is 30.3 Å². The smallest absolute Gasteiger partial charge is 0.408 e. The summed E-state index contributed by atoms with van der Waals surface area (Å²) in [7, 11) is -2.93. The Morgan fingerprint density at radius 1 is 1.24 bits per heavy atom. The molecule has 0 heterocycles. The molecule has 1 amide bonds. The van der Waals surface area contributed by atoms with Crippen LogP contribution >= 0.6 is 0 Å². The third-order valence-corrected chi connectivity index (χ3v) is 5.05. The van der Waals surface area contributed by atoms with Crippen molar-refractivity contribution >= 4 is 21.8 Å². The number of hydrogen-bond donors (Lipinski definition) is 3. The monoisotopic (exact) mass is 370 g/mol. The van der Waals surface area contributed by atoms with Gasteiger partial charge < -0.3 is 15.2 Å². The van der Waals surface area contributed by atoms with Gasteiger partial charge in [-0.2, -0.15) is 0 Å². The van der Waals surface area contributed by atoms with E-state index >= 15 is 0 Å². The highest BCUT2D eigenvalue weighted by atomic mass is 32.2. The minimum atomic E-state index is -2.93. The van der Waals surface area contributed by atoms with Crippen molar-refractivity contribution in [2.45, 2.75) is 45.3 Å². The Labute approximate surface area is 148 Å². The number of aliphatic carboxylic acids is 1. The summed E-state index contributed by atoms with van der Waals surface area (Å²) in [6.45, 7) is 5.01. The van der Waals surface area contributed by atoms with Gasteiger partial charge in [-0.05, 0) is 39.2 Å².